The van der Waals surface area contributed by atoms with Crippen molar-refractivity contribution in [2.24, 2.45) is 0 Å². The maximum atomic E-state index is 12.4. The molecule has 0 saturated carbocycles. The fourth-order valence-corrected chi connectivity index (χ4v) is 3.69. The molecule has 84 valence electrons. The van der Waals surface area contributed by atoms with Gasteiger partial charge in [-0.05, 0) is 28.4 Å². The van der Waals surface area contributed by atoms with Crippen LogP contribution in [0.25, 0.3) is 0 Å². The largest absolute Gasteiger partial charge is 0.265 e. The van der Waals surface area contributed by atoms with Gasteiger partial charge in [-0.25, -0.2) is 22.2 Å². The fourth-order valence-electron chi connectivity index (χ4n) is 1.07. The molecule has 0 N–H and O–H groups in total. The maximum absolute atomic E-state index is 12.4. The first-order chi connectivity index (χ1) is 6.75. The number of rotatable bonds is 2. The summed E-state index contributed by atoms with van der Waals surface area (Å²) in [6.45, 7) is 1.25. The Morgan fingerprint density at radius 3 is 2.47 bits per heavy atom. The molecule has 15 heavy (non-hydrogen) atoms. The Hall–Kier alpha value is -0.270. The Labute approximate surface area is 98.0 Å². The van der Waals surface area contributed by atoms with Gasteiger partial charge in [-0.2, -0.15) is 0 Å². The average Bonchev–Trinajstić information content (AvgIpc) is 2.00. The molecule has 0 radical (unpaired) electrons. The summed E-state index contributed by atoms with van der Waals surface area (Å²) in [5.74, 6) is 0. The highest BCUT2D eigenvalue weighted by Gasteiger charge is 2.23. The van der Waals surface area contributed by atoms with E-state index in [9.17, 15) is 17.2 Å². The molecular formula is C7H5BrClF2NO2S. The molecule has 0 amide bonds. The zero-order valence-corrected chi connectivity index (χ0v) is 10.5. The van der Waals surface area contributed by atoms with E-state index in [2.05, 4.69) is 20.9 Å². The van der Waals surface area contributed by atoms with Crippen LogP contribution >= 0.6 is 26.6 Å². The second-order valence-electron chi connectivity index (χ2n) is 2.70. The van der Waals surface area contributed by atoms with Gasteiger partial charge in [0.15, 0.2) is 0 Å². The molecule has 1 aromatic heterocycles. The number of hydrogen-bond acceptors (Lipinski definition) is 3. The zero-order chi connectivity index (χ0) is 11.8. The van der Waals surface area contributed by atoms with Crippen molar-refractivity contribution in [2.45, 2.75) is 18.2 Å². The molecule has 0 bridgehead atoms. The molecule has 1 rings (SSSR count). The third kappa shape index (κ3) is 2.64. The third-order valence-electron chi connectivity index (χ3n) is 1.76. The van der Waals surface area contributed by atoms with Crippen LogP contribution < -0.4 is 0 Å². The van der Waals surface area contributed by atoms with Gasteiger partial charge in [0.2, 0.25) is 0 Å². The van der Waals surface area contributed by atoms with E-state index in [0.717, 1.165) is 6.20 Å². The monoisotopic (exact) mass is 319 g/mol. The maximum Gasteiger partial charge on any atom is 0.265 e. The van der Waals surface area contributed by atoms with E-state index in [1.54, 1.807) is 0 Å². The van der Waals surface area contributed by atoms with Crippen LogP contribution in [0.3, 0.4) is 0 Å². The molecule has 1 heterocycles. The van der Waals surface area contributed by atoms with Crippen LogP contribution in [0.1, 0.15) is 17.6 Å². The Bertz CT molecular complexity index is 492. The molecule has 0 spiro atoms. The second-order valence-corrected chi connectivity index (χ2v) is 5.95. The summed E-state index contributed by atoms with van der Waals surface area (Å²) in [5, 5.41) is 0. The minimum Gasteiger partial charge on any atom is -0.247 e. The van der Waals surface area contributed by atoms with E-state index < -0.39 is 25.9 Å². The van der Waals surface area contributed by atoms with Crippen LogP contribution in [-0.2, 0) is 9.05 Å². The highest BCUT2D eigenvalue weighted by molar-refractivity contribution is 9.10. The van der Waals surface area contributed by atoms with Gasteiger partial charge in [-0.15, -0.1) is 0 Å². The number of halogens is 4. The molecular weight excluding hydrogens is 316 g/mol. The quantitative estimate of drug-likeness (QED) is 0.621. The summed E-state index contributed by atoms with van der Waals surface area (Å²) >= 11 is 2.85. The smallest absolute Gasteiger partial charge is 0.247 e. The lowest BCUT2D eigenvalue weighted by Gasteiger charge is -2.09. The number of pyridine rings is 1. The first-order valence-electron chi connectivity index (χ1n) is 3.63. The minimum atomic E-state index is -4.09. The van der Waals surface area contributed by atoms with Gasteiger partial charge >= 0.3 is 0 Å². The van der Waals surface area contributed by atoms with Crippen molar-refractivity contribution < 1.29 is 17.2 Å². The third-order valence-corrected chi connectivity index (χ3v) is 4.07. The van der Waals surface area contributed by atoms with E-state index >= 15 is 0 Å². The van der Waals surface area contributed by atoms with Crippen LogP contribution in [0.15, 0.2) is 15.7 Å². The first kappa shape index (κ1) is 12.8. The first-order valence-corrected chi connectivity index (χ1v) is 6.73. The van der Waals surface area contributed by atoms with Gasteiger partial charge in [0.05, 0.1) is 0 Å². The summed E-state index contributed by atoms with van der Waals surface area (Å²) in [4.78, 5) is 3.09. The SMILES string of the molecule is Cc1c(C(F)F)cnc(Br)c1S(=O)(=O)Cl. The molecule has 0 unspecified atom stereocenters. The van der Waals surface area contributed by atoms with E-state index in [4.69, 9.17) is 10.7 Å². The highest BCUT2D eigenvalue weighted by Crippen LogP contribution is 2.32. The topological polar surface area (TPSA) is 47.0 Å². The second kappa shape index (κ2) is 4.31. The molecule has 0 aliphatic heterocycles. The lowest BCUT2D eigenvalue weighted by Crippen LogP contribution is -2.02. The zero-order valence-electron chi connectivity index (χ0n) is 7.34. The van der Waals surface area contributed by atoms with Gasteiger partial charge in [0, 0.05) is 22.4 Å². The highest BCUT2D eigenvalue weighted by atomic mass is 79.9. The van der Waals surface area contributed by atoms with Crippen molar-refractivity contribution in [1.29, 1.82) is 0 Å². The summed E-state index contributed by atoms with van der Waals surface area (Å²) in [7, 11) is 1.01. The van der Waals surface area contributed by atoms with E-state index in [1.165, 1.54) is 6.92 Å². The van der Waals surface area contributed by atoms with Crippen molar-refractivity contribution in [3.8, 4) is 0 Å². The lowest BCUT2D eigenvalue weighted by atomic mass is 10.2. The van der Waals surface area contributed by atoms with Gasteiger partial charge in [0.25, 0.3) is 15.5 Å². The Morgan fingerprint density at radius 2 is 2.07 bits per heavy atom. The summed E-state index contributed by atoms with van der Waals surface area (Å²) in [6.07, 6.45) is -1.88. The molecule has 0 aliphatic carbocycles. The van der Waals surface area contributed by atoms with Crippen LogP contribution in [0.4, 0.5) is 8.78 Å². The van der Waals surface area contributed by atoms with Gasteiger partial charge < -0.3 is 0 Å². The van der Waals surface area contributed by atoms with Crippen molar-refractivity contribution in [3.05, 3.63) is 21.9 Å². The normalized spacial score (nSPS) is 12.1. The molecule has 0 saturated heterocycles. The predicted molar refractivity (Wildman–Crippen MR) is 54.7 cm³/mol. The van der Waals surface area contributed by atoms with Gasteiger partial charge in [-0.3, -0.25) is 0 Å². The molecule has 8 heteroatoms. The molecule has 0 aliphatic rings. The van der Waals surface area contributed by atoms with Crippen LogP contribution in [0.5, 0.6) is 0 Å². The van der Waals surface area contributed by atoms with E-state index in [1.807, 2.05) is 0 Å². The van der Waals surface area contributed by atoms with Crippen molar-refractivity contribution >= 4 is 35.7 Å². The van der Waals surface area contributed by atoms with Crippen LogP contribution in [0.2, 0.25) is 0 Å². The average molecular weight is 321 g/mol. The van der Waals surface area contributed by atoms with Crippen LogP contribution in [-0.4, -0.2) is 13.4 Å². The molecule has 0 atom stereocenters. The summed E-state index contributed by atoms with van der Waals surface area (Å²) < 4.78 is 47.0. The van der Waals surface area contributed by atoms with Crippen molar-refractivity contribution in [3.63, 3.8) is 0 Å². The lowest BCUT2D eigenvalue weighted by molar-refractivity contribution is 0.149. The van der Waals surface area contributed by atoms with E-state index in [0.29, 0.717) is 0 Å². The minimum absolute atomic E-state index is 0.0700. The number of hydrogen-bond donors (Lipinski definition) is 0. The number of nitrogens with zero attached hydrogens (tertiary/aromatic N) is 1. The summed E-state index contributed by atoms with van der Waals surface area (Å²) in [6, 6.07) is 0. The molecule has 1 aromatic rings. The number of alkyl halides is 2. The molecule has 0 aromatic carbocycles. The predicted octanol–water partition coefficient (Wildman–Crippen LogP) is 3.02. The fraction of sp³-hybridized carbons (Fsp3) is 0.286. The number of aromatic nitrogens is 1. The van der Waals surface area contributed by atoms with Crippen LogP contribution in [0, 0.1) is 6.92 Å². The molecule has 0 fully saturated rings. The van der Waals surface area contributed by atoms with Crippen molar-refractivity contribution in [2.75, 3.05) is 0 Å². The standard InChI is InChI=1S/C7H5BrClF2NO2S/c1-3-4(7(10)11)2-12-6(8)5(3)15(9,13)14/h2,7H,1H3. The van der Waals surface area contributed by atoms with Crippen molar-refractivity contribution in [1.82, 2.24) is 4.98 Å². The van der Waals surface area contributed by atoms with Gasteiger partial charge in [-0.1, -0.05) is 0 Å². The summed E-state index contributed by atoms with van der Waals surface area (Å²) in [5.41, 5.74) is -0.542. The molecule has 3 nitrogen and oxygen atoms in total. The van der Waals surface area contributed by atoms with E-state index in [-0.39, 0.29) is 10.2 Å². The Balaban J connectivity index is 3.59. The Morgan fingerprint density at radius 1 is 1.53 bits per heavy atom. The van der Waals surface area contributed by atoms with Gasteiger partial charge in [0.1, 0.15) is 9.50 Å². The Kier molecular flexibility index (Phi) is 3.67.